The van der Waals surface area contributed by atoms with Crippen LogP contribution < -0.4 is 10.6 Å². The molecule has 0 fully saturated rings. The summed E-state index contributed by atoms with van der Waals surface area (Å²) in [6.45, 7) is 7.65. The van der Waals surface area contributed by atoms with E-state index in [0.717, 1.165) is 12.1 Å². The Morgan fingerprint density at radius 1 is 1.12 bits per heavy atom. The molecule has 0 saturated carbocycles. The Hall–Kier alpha value is -2.47. The van der Waals surface area contributed by atoms with Crippen LogP contribution in [0.4, 0.5) is 11.5 Å². The number of rotatable bonds is 7. The van der Waals surface area contributed by atoms with Crippen molar-refractivity contribution in [3.8, 4) is 0 Å². The molecule has 0 aliphatic carbocycles. The van der Waals surface area contributed by atoms with E-state index < -0.39 is 0 Å². The minimum atomic E-state index is -0.231. The first-order valence-corrected chi connectivity index (χ1v) is 8.39. The Morgan fingerprint density at radius 2 is 1.88 bits per heavy atom. The number of hydrogen-bond acceptors (Lipinski definition) is 5. The number of hydrogen-bond donors (Lipinski definition) is 2. The molecule has 0 atom stereocenters. The Morgan fingerprint density at radius 3 is 2.52 bits per heavy atom. The molecule has 2 rings (SSSR count). The molecular formula is C19H26N4O2. The number of para-hydroxylation sites is 1. The maximum atomic E-state index is 12.0. The van der Waals surface area contributed by atoms with Crippen LogP contribution in [0.2, 0.25) is 0 Å². The first-order chi connectivity index (χ1) is 11.9. The summed E-state index contributed by atoms with van der Waals surface area (Å²) in [5, 5.41) is 14.2. The van der Waals surface area contributed by atoms with E-state index in [0.29, 0.717) is 24.7 Å². The number of aromatic nitrogens is 2. The van der Waals surface area contributed by atoms with Crippen LogP contribution in [0.15, 0.2) is 36.4 Å². The Kier molecular flexibility index (Phi) is 6.47. The van der Waals surface area contributed by atoms with Gasteiger partial charge < -0.3 is 15.4 Å². The molecule has 0 unspecified atom stereocenters. The van der Waals surface area contributed by atoms with Crippen molar-refractivity contribution in [2.45, 2.75) is 32.6 Å². The lowest BCUT2D eigenvalue weighted by molar-refractivity contribution is 0.0942. The van der Waals surface area contributed by atoms with Gasteiger partial charge in [0.15, 0.2) is 11.5 Å². The zero-order chi connectivity index (χ0) is 18.3. The second-order valence-corrected chi connectivity index (χ2v) is 6.83. The van der Waals surface area contributed by atoms with Gasteiger partial charge in [-0.05, 0) is 35.6 Å². The molecule has 0 spiro atoms. The van der Waals surface area contributed by atoms with Gasteiger partial charge in [-0.15, -0.1) is 10.2 Å². The predicted octanol–water partition coefficient (Wildman–Crippen LogP) is 3.28. The van der Waals surface area contributed by atoms with E-state index in [2.05, 4.69) is 47.7 Å². The van der Waals surface area contributed by atoms with E-state index >= 15 is 0 Å². The van der Waals surface area contributed by atoms with Crippen LogP contribution in [0.1, 0.15) is 43.2 Å². The van der Waals surface area contributed by atoms with Gasteiger partial charge in [0.2, 0.25) is 0 Å². The van der Waals surface area contributed by atoms with Crippen molar-refractivity contribution in [2.24, 2.45) is 0 Å². The lowest BCUT2D eigenvalue weighted by Gasteiger charge is -2.23. The molecule has 1 aromatic heterocycles. The topological polar surface area (TPSA) is 76.1 Å². The Balaban J connectivity index is 2.03. The van der Waals surface area contributed by atoms with Crippen molar-refractivity contribution in [3.63, 3.8) is 0 Å². The zero-order valence-electron chi connectivity index (χ0n) is 15.3. The number of methoxy groups -OCH3 is 1. The number of carbonyl (C=O) groups excluding carboxylic acids is 1. The molecule has 6 heteroatoms. The highest BCUT2D eigenvalue weighted by Crippen LogP contribution is 2.30. The number of anilines is 2. The second-order valence-electron chi connectivity index (χ2n) is 6.83. The molecule has 25 heavy (non-hydrogen) atoms. The second kappa shape index (κ2) is 8.58. The molecule has 6 nitrogen and oxygen atoms in total. The summed E-state index contributed by atoms with van der Waals surface area (Å²) in [6, 6.07) is 11.5. The summed E-state index contributed by atoms with van der Waals surface area (Å²) in [6.07, 6.45) is 0.763. The molecule has 0 saturated heterocycles. The van der Waals surface area contributed by atoms with Gasteiger partial charge in [0.1, 0.15) is 0 Å². The van der Waals surface area contributed by atoms with E-state index in [4.69, 9.17) is 4.74 Å². The number of carbonyl (C=O) groups is 1. The van der Waals surface area contributed by atoms with Gasteiger partial charge in [-0.2, -0.15) is 0 Å². The van der Waals surface area contributed by atoms with Crippen LogP contribution in [0.5, 0.6) is 0 Å². The third-order valence-electron chi connectivity index (χ3n) is 3.71. The average Bonchev–Trinajstić information content (AvgIpc) is 2.59. The van der Waals surface area contributed by atoms with Crippen molar-refractivity contribution < 1.29 is 9.53 Å². The van der Waals surface area contributed by atoms with Crippen LogP contribution in [0.3, 0.4) is 0 Å². The van der Waals surface area contributed by atoms with Gasteiger partial charge in [-0.3, -0.25) is 4.79 Å². The molecule has 134 valence electrons. The maximum Gasteiger partial charge on any atom is 0.271 e. The first kappa shape index (κ1) is 18.9. The monoisotopic (exact) mass is 342 g/mol. The molecule has 1 heterocycles. The van der Waals surface area contributed by atoms with Gasteiger partial charge >= 0.3 is 0 Å². The highest BCUT2D eigenvalue weighted by atomic mass is 16.5. The van der Waals surface area contributed by atoms with Crippen molar-refractivity contribution in [1.29, 1.82) is 0 Å². The standard InChI is InChI=1S/C19H26N4O2/c1-19(2,3)14-8-5-6-9-15(14)21-17-11-10-16(22-23-17)18(24)20-12-7-13-25-4/h5-6,8-11H,7,12-13H2,1-4H3,(H,20,24)(H,21,23). The molecule has 1 amide bonds. The fourth-order valence-electron chi connectivity index (χ4n) is 2.41. The van der Waals surface area contributed by atoms with Crippen molar-refractivity contribution in [2.75, 3.05) is 25.6 Å². The van der Waals surface area contributed by atoms with Crippen LogP contribution in [-0.2, 0) is 10.2 Å². The minimum absolute atomic E-state index is 0.0129. The summed E-state index contributed by atoms with van der Waals surface area (Å²) in [5.41, 5.74) is 2.49. The van der Waals surface area contributed by atoms with E-state index in [-0.39, 0.29) is 11.3 Å². The van der Waals surface area contributed by atoms with Gasteiger partial charge in [-0.25, -0.2) is 0 Å². The maximum absolute atomic E-state index is 12.0. The summed E-state index contributed by atoms with van der Waals surface area (Å²) in [4.78, 5) is 12.0. The van der Waals surface area contributed by atoms with Crippen molar-refractivity contribution >= 4 is 17.4 Å². The van der Waals surface area contributed by atoms with Crippen LogP contribution >= 0.6 is 0 Å². The number of amides is 1. The normalized spacial score (nSPS) is 11.2. The fourth-order valence-corrected chi connectivity index (χ4v) is 2.41. The molecular weight excluding hydrogens is 316 g/mol. The van der Waals surface area contributed by atoms with E-state index in [1.54, 1.807) is 19.2 Å². The number of nitrogens with one attached hydrogen (secondary N) is 2. The first-order valence-electron chi connectivity index (χ1n) is 8.39. The van der Waals surface area contributed by atoms with Crippen LogP contribution in [0, 0.1) is 0 Å². The molecule has 0 aliphatic rings. The molecule has 0 radical (unpaired) electrons. The Bertz CT molecular complexity index is 693. The van der Waals surface area contributed by atoms with Gasteiger partial charge in [-0.1, -0.05) is 39.0 Å². The van der Waals surface area contributed by atoms with Crippen molar-refractivity contribution in [1.82, 2.24) is 15.5 Å². The minimum Gasteiger partial charge on any atom is -0.385 e. The largest absolute Gasteiger partial charge is 0.385 e. The van der Waals surface area contributed by atoms with Gasteiger partial charge in [0.25, 0.3) is 5.91 Å². The quantitative estimate of drug-likeness (QED) is 0.755. The van der Waals surface area contributed by atoms with E-state index in [9.17, 15) is 4.79 Å². The van der Waals surface area contributed by atoms with Gasteiger partial charge in [0, 0.05) is 25.9 Å². The predicted molar refractivity (Wildman–Crippen MR) is 99.3 cm³/mol. The number of ether oxygens (including phenoxy) is 1. The zero-order valence-corrected chi connectivity index (χ0v) is 15.3. The SMILES string of the molecule is COCCCNC(=O)c1ccc(Nc2ccccc2C(C)(C)C)nn1. The highest BCUT2D eigenvalue weighted by Gasteiger charge is 2.17. The van der Waals surface area contributed by atoms with Crippen LogP contribution in [-0.4, -0.2) is 36.4 Å². The molecule has 1 aromatic carbocycles. The molecule has 0 bridgehead atoms. The fraction of sp³-hybridized carbons (Fsp3) is 0.421. The Labute approximate surface area is 149 Å². The van der Waals surface area contributed by atoms with Crippen molar-refractivity contribution in [3.05, 3.63) is 47.7 Å². The molecule has 0 aliphatic heterocycles. The molecule has 2 aromatic rings. The highest BCUT2D eigenvalue weighted by molar-refractivity contribution is 5.92. The summed E-state index contributed by atoms with van der Waals surface area (Å²) in [5.74, 6) is 0.373. The summed E-state index contributed by atoms with van der Waals surface area (Å²) < 4.78 is 4.95. The lowest BCUT2D eigenvalue weighted by atomic mass is 9.86. The summed E-state index contributed by atoms with van der Waals surface area (Å²) in [7, 11) is 1.64. The molecule has 2 N–H and O–H groups in total. The number of nitrogens with zero attached hydrogens (tertiary/aromatic N) is 2. The van der Waals surface area contributed by atoms with E-state index in [1.165, 1.54) is 5.56 Å². The smallest absolute Gasteiger partial charge is 0.271 e. The van der Waals surface area contributed by atoms with Crippen LogP contribution in [0.25, 0.3) is 0 Å². The average molecular weight is 342 g/mol. The third-order valence-corrected chi connectivity index (χ3v) is 3.71. The number of benzene rings is 1. The lowest BCUT2D eigenvalue weighted by Crippen LogP contribution is -2.26. The van der Waals surface area contributed by atoms with E-state index in [1.807, 2.05) is 18.2 Å². The third kappa shape index (κ3) is 5.53. The van der Waals surface area contributed by atoms with Gasteiger partial charge in [0.05, 0.1) is 0 Å². The summed E-state index contributed by atoms with van der Waals surface area (Å²) >= 11 is 0.